The molecule has 122 valence electrons. The maximum Gasteiger partial charge on any atom is 0.0294 e. The zero-order valence-electron chi connectivity index (χ0n) is 14.5. The Hall–Kier alpha value is -1.86. The van der Waals surface area contributed by atoms with Crippen LogP contribution in [0.25, 0.3) is 6.08 Å². The highest BCUT2D eigenvalue weighted by atomic mass is 14.9. The van der Waals surface area contributed by atoms with E-state index in [4.69, 9.17) is 0 Å². The van der Waals surface area contributed by atoms with Gasteiger partial charge in [0.25, 0.3) is 0 Å². The van der Waals surface area contributed by atoms with Gasteiger partial charge >= 0.3 is 0 Å². The molecule has 0 saturated carbocycles. The van der Waals surface area contributed by atoms with Crippen molar-refractivity contribution in [2.75, 3.05) is 6.54 Å². The van der Waals surface area contributed by atoms with Crippen LogP contribution < -0.4 is 5.32 Å². The minimum Gasteiger partial charge on any atom is -0.306 e. The molecule has 1 N–H and O–H groups in total. The van der Waals surface area contributed by atoms with E-state index in [1.165, 1.54) is 42.4 Å². The molecule has 0 spiro atoms. The third-order valence-corrected chi connectivity index (χ3v) is 4.21. The summed E-state index contributed by atoms with van der Waals surface area (Å²) in [5.74, 6) is 0. The van der Waals surface area contributed by atoms with E-state index in [2.05, 4.69) is 85.9 Å². The minimum absolute atomic E-state index is 0.376. The molecule has 0 aromatic heterocycles. The van der Waals surface area contributed by atoms with Gasteiger partial charge in [-0.15, -0.1) is 0 Å². The summed E-state index contributed by atoms with van der Waals surface area (Å²) >= 11 is 0. The van der Waals surface area contributed by atoms with Crippen molar-refractivity contribution in [3.05, 3.63) is 77.4 Å². The maximum atomic E-state index is 3.68. The van der Waals surface area contributed by atoms with Crippen LogP contribution >= 0.6 is 0 Å². The first kappa shape index (κ1) is 17.5. The van der Waals surface area contributed by atoms with Crippen LogP contribution in [-0.4, -0.2) is 6.54 Å². The highest BCUT2D eigenvalue weighted by molar-refractivity contribution is 5.53. The van der Waals surface area contributed by atoms with Gasteiger partial charge in [-0.2, -0.15) is 0 Å². The fourth-order valence-electron chi connectivity index (χ4n) is 2.74. The summed E-state index contributed by atoms with van der Waals surface area (Å²) in [6.07, 6.45) is 7.38. The van der Waals surface area contributed by atoms with E-state index in [1.807, 2.05) is 0 Å². The molecule has 23 heavy (non-hydrogen) atoms. The normalized spacial score (nSPS) is 13.0. The van der Waals surface area contributed by atoms with Gasteiger partial charge in [-0.1, -0.05) is 92.1 Å². The molecular weight excluding hydrogens is 278 g/mol. The molecule has 0 amide bonds. The van der Waals surface area contributed by atoms with Crippen molar-refractivity contribution in [3.8, 4) is 0 Å². The second kappa shape index (κ2) is 10.0. The largest absolute Gasteiger partial charge is 0.306 e. The Morgan fingerprint density at radius 3 is 2.26 bits per heavy atom. The van der Waals surface area contributed by atoms with Gasteiger partial charge in [-0.05, 0) is 30.9 Å². The molecule has 0 aliphatic carbocycles. The summed E-state index contributed by atoms with van der Waals surface area (Å²) in [6, 6.07) is 21.7. The van der Waals surface area contributed by atoms with Gasteiger partial charge in [0.05, 0.1) is 0 Å². The van der Waals surface area contributed by atoms with Crippen molar-refractivity contribution in [3.63, 3.8) is 0 Å². The Morgan fingerprint density at radius 1 is 0.957 bits per heavy atom. The molecule has 0 saturated heterocycles. The average Bonchev–Trinajstić information content (AvgIpc) is 2.61. The molecule has 0 aliphatic rings. The summed E-state index contributed by atoms with van der Waals surface area (Å²) in [7, 11) is 0. The van der Waals surface area contributed by atoms with Gasteiger partial charge in [0.1, 0.15) is 0 Å². The van der Waals surface area contributed by atoms with Crippen molar-refractivity contribution in [2.45, 2.75) is 45.6 Å². The number of unbranched alkanes of at least 4 members (excludes halogenated alkanes) is 2. The Balaban J connectivity index is 1.98. The van der Waals surface area contributed by atoms with Gasteiger partial charge in [0.15, 0.2) is 0 Å². The summed E-state index contributed by atoms with van der Waals surface area (Å²) in [4.78, 5) is 0. The molecule has 2 aromatic carbocycles. The highest BCUT2D eigenvalue weighted by Gasteiger charge is 2.05. The number of benzene rings is 2. The quantitative estimate of drug-likeness (QED) is 0.560. The molecule has 1 heteroatoms. The lowest BCUT2D eigenvalue weighted by Gasteiger charge is -2.16. The average molecular weight is 307 g/mol. The van der Waals surface area contributed by atoms with E-state index in [0.717, 1.165) is 6.54 Å². The molecule has 0 unspecified atom stereocenters. The zero-order chi connectivity index (χ0) is 16.3. The topological polar surface area (TPSA) is 12.0 Å². The van der Waals surface area contributed by atoms with E-state index < -0.39 is 0 Å². The van der Waals surface area contributed by atoms with E-state index in [0.29, 0.717) is 6.04 Å². The van der Waals surface area contributed by atoms with Crippen molar-refractivity contribution >= 4 is 6.08 Å². The summed E-state index contributed by atoms with van der Waals surface area (Å²) in [5.41, 5.74) is 4.14. The van der Waals surface area contributed by atoms with E-state index in [1.54, 1.807) is 0 Å². The van der Waals surface area contributed by atoms with E-state index in [9.17, 15) is 0 Å². The van der Waals surface area contributed by atoms with Crippen LogP contribution in [0.5, 0.6) is 0 Å². The second-order valence-corrected chi connectivity index (χ2v) is 6.18. The molecule has 1 nitrogen and oxygen atoms in total. The van der Waals surface area contributed by atoms with Crippen LogP contribution in [0, 0.1) is 0 Å². The summed E-state index contributed by atoms with van der Waals surface area (Å²) < 4.78 is 0. The monoisotopic (exact) mass is 307 g/mol. The molecule has 0 heterocycles. The molecule has 2 rings (SSSR count). The summed E-state index contributed by atoms with van der Waals surface area (Å²) in [6.45, 7) is 5.45. The number of hydrogen-bond acceptors (Lipinski definition) is 1. The summed E-state index contributed by atoms with van der Waals surface area (Å²) in [5, 5.41) is 3.68. The van der Waals surface area contributed by atoms with Crippen molar-refractivity contribution < 1.29 is 0 Å². The van der Waals surface area contributed by atoms with Crippen molar-refractivity contribution in [1.82, 2.24) is 5.32 Å². The van der Waals surface area contributed by atoms with Crippen LogP contribution in [0.1, 0.15) is 56.7 Å². The number of rotatable bonds is 9. The van der Waals surface area contributed by atoms with Crippen LogP contribution in [0.3, 0.4) is 0 Å². The predicted molar refractivity (Wildman–Crippen MR) is 101 cm³/mol. The Bertz CT molecular complexity index is 571. The van der Waals surface area contributed by atoms with Gasteiger partial charge < -0.3 is 5.32 Å². The maximum absolute atomic E-state index is 3.68. The van der Waals surface area contributed by atoms with Crippen molar-refractivity contribution in [1.29, 1.82) is 0 Å². The van der Waals surface area contributed by atoms with Gasteiger partial charge in [-0.25, -0.2) is 0 Å². The Labute approximate surface area is 141 Å². The van der Waals surface area contributed by atoms with Crippen molar-refractivity contribution in [2.24, 2.45) is 0 Å². The Morgan fingerprint density at radius 2 is 1.61 bits per heavy atom. The third kappa shape index (κ3) is 6.42. The van der Waals surface area contributed by atoms with E-state index >= 15 is 0 Å². The molecule has 2 aromatic rings. The first-order valence-corrected chi connectivity index (χ1v) is 8.82. The molecule has 0 radical (unpaired) electrons. The standard InChI is InChI=1S/C22H29N/c1-3-4-7-14-21(17-20-12-8-5-9-13-20)18-23-19(2)22-15-10-6-11-16-22/h5-6,8-13,15-17,19,23H,3-4,7,14,18H2,1-2H3/b21-17-/t19-/m0/s1. The van der Waals surface area contributed by atoms with Gasteiger partial charge in [0.2, 0.25) is 0 Å². The lowest BCUT2D eigenvalue weighted by Crippen LogP contribution is -2.21. The molecule has 0 bridgehead atoms. The fraction of sp³-hybridized carbons (Fsp3) is 0.364. The molecule has 0 aliphatic heterocycles. The Kier molecular flexibility index (Phi) is 7.62. The minimum atomic E-state index is 0.376. The lowest BCUT2D eigenvalue weighted by atomic mass is 10.0. The SMILES string of the molecule is CCCCC/C(=C/c1ccccc1)CN[C@@H](C)c1ccccc1. The van der Waals surface area contributed by atoms with Crippen LogP contribution in [0.2, 0.25) is 0 Å². The third-order valence-electron chi connectivity index (χ3n) is 4.21. The smallest absolute Gasteiger partial charge is 0.0294 e. The first-order valence-electron chi connectivity index (χ1n) is 8.82. The molecule has 1 atom stereocenters. The fourth-order valence-corrected chi connectivity index (χ4v) is 2.74. The van der Waals surface area contributed by atoms with Crippen LogP contribution in [-0.2, 0) is 0 Å². The first-order chi connectivity index (χ1) is 11.3. The predicted octanol–water partition coefficient (Wildman–Crippen LogP) is 6.00. The zero-order valence-corrected chi connectivity index (χ0v) is 14.5. The van der Waals surface area contributed by atoms with Crippen LogP contribution in [0.15, 0.2) is 66.2 Å². The number of hydrogen-bond donors (Lipinski definition) is 1. The highest BCUT2D eigenvalue weighted by Crippen LogP contribution is 2.16. The van der Waals surface area contributed by atoms with Gasteiger partial charge in [0, 0.05) is 12.6 Å². The van der Waals surface area contributed by atoms with Gasteiger partial charge in [-0.3, -0.25) is 0 Å². The second-order valence-electron chi connectivity index (χ2n) is 6.18. The lowest BCUT2D eigenvalue weighted by molar-refractivity contribution is 0.592. The van der Waals surface area contributed by atoms with Crippen LogP contribution in [0.4, 0.5) is 0 Å². The molecule has 0 fully saturated rings. The van der Waals surface area contributed by atoms with E-state index in [-0.39, 0.29) is 0 Å². The molecular formula is C22H29N. The number of nitrogens with one attached hydrogen (secondary N) is 1.